The van der Waals surface area contributed by atoms with Gasteiger partial charge in [-0.1, -0.05) is 0 Å². The predicted octanol–water partition coefficient (Wildman–Crippen LogP) is 1.23. The molecule has 0 aliphatic carbocycles. The summed E-state index contributed by atoms with van der Waals surface area (Å²) in [7, 11) is 0. The van der Waals surface area contributed by atoms with Gasteiger partial charge in [-0.25, -0.2) is 0 Å². The van der Waals surface area contributed by atoms with E-state index in [1.54, 1.807) is 0 Å². The molecule has 1 amide bonds. The van der Waals surface area contributed by atoms with E-state index in [0.717, 1.165) is 40.8 Å². The summed E-state index contributed by atoms with van der Waals surface area (Å²) < 4.78 is 28.8. The minimum absolute atomic E-state index is 0.172. The fraction of sp³-hybridized carbons (Fsp3) is 0.556. The number of fused-ring (bicyclic) bond motifs is 1. The van der Waals surface area contributed by atoms with E-state index in [1.807, 2.05) is 20.8 Å². The number of carboxylic acids is 1. The molecule has 1 aromatic carbocycles. The van der Waals surface area contributed by atoms with Gasteiger partial charge in [-0.2, -0.15) is 0 Å². The number of primary amides is 1. The molecule has 2 rings (SSSR count). The number of rotatable bonds is 4. The quantitative estimate of drug-likeness (QED) is 0.643. The molecule has 0 spiro atoms. The number of carboxylic acid groups (broad SMARTS) is 1. The molecular weight excluding hydrogens is 372 g/mol. The third-order valence-electron chi connectivity index (χ3n) is 4.57. The van der Waals surface area contributed by atoms with Crippen LogP contribution in [0.3, 0.4) is 0 Å². The van der Waals surface area contributed by atoms with Crippen LogP contribution in [0, 0.1) is 20.8 Å². The average molecular weight is 399 g/mol. The van der Waals surface area contributed by atoms with E-state index in [4.69, 9.17) is 15.6 Å². The van der Waals surface area contributed by atoms with E-state index in [9.17, 15) is 18.4 Å². The van der Waals surface area contributed by atoms with Crippen molar-refractivity contribution in [3.8, 4) is 5.75 Å². The standard InChI is InChI=1S/C14H20O3S.C4H8N2O3/c1-8-9(2)13(18(15)16)10(3)11-6-7-14(4,5)17-12(8)11;5-2(4(8)9)1-3(6)7/h6-7H2,1-5H3,(H,15,16);2H,1,5H2,(H2,6,7)(H,8,9)/p-1/t;2-/m.0/s1. The van der Waals surface area contributed by atoms with Crippen LogP contribution in [0.2, 0.25) is 0 Å². The number of aliphatic carboxylic acids is 1. The van der Waals surface area contributed by atoms with E-state index in [0.29, 0.717) is 4.90 Å². The summed E-state index contributed by atoms with van der Waals surface area (Å²) in [6.45, 7) is 9.79. The molecule has 5 N–H and O–H groups in total. The first-order valence-corrected chi connectivity index (χ1v) is 9.53. The highest BCUT2D eigenvalue weighted by Gasteiger charge is 2.30. The van der Waals surface area contributed by atoms with Crippen LogP contribution >= 0.6 is 0 Å². The summed E-state index contributed by atoms with van der Waals surface area (Å²) in [6, 6.07) is -1.16. The van der Waals surface area contributed by atoms with Gasteiger partial charge in [0.2, 0.25) is 5.91 Å². The second-order valence-corrected chi connectivity index (χ2v) is 8.10. The third kappa shape index (κ3) is 5.75. The summed E-state index contributed by atoms with van der Waals surface area (Å²) in [4.78, 5) is 20.3. The van der Waals surface area contributed by atoms with Gasteiger partial charge in [-0.3, -0.25) is 13.8 Å². The Labute approximate surface area is 161 Å². The fourth-order valence-corrected chi connectivity index (χ4v) is 3.68. The Kier molecular flexibility index (Phi) is 7.53. The van der Waals surface area contributed by atoms with Gasteiger partial charge in [0.05, 0.1) is 6.42 Å². The van der Waals surface area contributed by atoms with Gasteiger partial charge < -0.3 is 25.9 Å². The average Bonchev–Trinajstić information content (AvgIpc) is 2.51. The van der Waals surface area contributed by atoms with Gasteiger partial charge in [0.25, 0.3) is 0 Å². The highest BCUT2D eigenvalue weighted by molar-refractivity contribution is 7.79. The van der Waals surface area contributed by atoms with Gasteiger partial charge in [0.15, 0.2) is 0 Å². The minimum Gasteiger partial charge on any atom is -0.768 e. The molecule has 0 fully saturated rings. The molecule has 0 radical (unpaired) electrons. The lowest BCUT2D eigenvalue weighted by molar-refractivity contribution is -0.140. The second kappa shape index (κ2) is 8.81. The second-order valence-electron chi connectivity index (χ2n) is 7.22. The molecule has 0 saturated carbocycles. The number of ether oxygens (including phenoxy) is 1. The molecule has 1 aliphatic rings. The van der Waals surface area contributed by atoms with Crippen molar-refractivity contribution in [2.75, 3.05) is 0 Å². The lowest BCUT2D eigenvalue weighted by Crippen LogP contribution is -2.34. The number of amides is 1. The molecule has 27 heavy (non-hydrogen) atoms. The Morgan fingerprint density at radius 3 is 2.22 bits per heavy atom. The third-order valence-corrected chi connectivity index (χ3v) is 5.52. The van der Waals surface area contributed by atoms with Crippen molar-refractivity contribution in [2.24, 2.45) is 11.5 Å². The largest absolute Gasteiger partial charge is 0.768 e. The zero-order chi connectivity index (χ0) is 21.1. The maximum Gasteiger partial charge on any atom is 0.321 e. The van der Waals surface area contributed by atoms with Gasteiger partial charge >= 0.3 is 5.97 Å². The number of benzene rings is 1. The molecule has 1 aromatic rings. The number of nitrogens with two attached hydrogens (primary N) is 2. The summed E-state index contributed by atoms with van der Waals surface area (Å²) in [6.07, 6.45) is 1.48. The van der Waals surface area contributed by atoms with Crippen LogP contribution in [0.15, 0.2) is 4.90 Å². The van der Waals surface area contributed by atoms with E-state index in [2.05, 4.69) is 19.6 Å². The number of carbonyl (C=O) groups excluding carboxylic acids is 1. The Balaban J connectivity index is 0.000000345. The number of carbonyl (C=O) groups is 2. The van der Waals surface area contributed by atoms with Crippen LogP contribution < -0.4 is 16.2 Å². The summed E-state index contributed by atoms with van der Waals surface area (Å²) in [5.41, 5.74) is 13.0. The molecule has 1 unspecified atom stereocenters. The number of hydrogen-bond acceptors (Lipinski definition) is 6. The maximum absolute atomic E-state index is 11.4. The van der Waals surface area contributed by atoms with Crippen molar-refractivity contribution in [3.63, 3.8) is 0 Å². The monoisotopic (exact) mass is 399 g/mol. The molecule has 0 aromatic heterocycles. The molecule has 0 saturated heterocycles. The first-order chi connectivity index (χ1) is 12.3. The number of hydrogen-bond donors (Lipinski definition) is 3. The van der Waals surface area contributed by atoms with Crippen molar-refractivity contribution in [3.05, 3.63) is 22.3 Å². The first-order valence-electron chi connectivity index (χ1n) is 8.46. The van der Waals surface area contributed by atoms with Crippen LogP contribution in [0.5, 0.6) is 5.75 Å². The highest BCUT2D eigenvalue weighted by Crippen LogP contribution is 2.41. The van der Waals surface area contributed by atoms with Gasteiger partial charge in [-0.05, 0) is 80.8 Å². The van der Waals surface area contributed by atoms with Gasteiger partial charge in [0.1, 0.15) is 17.4 Å². The fourth-order valence-electron chi connectivity index (χ4n) is 2.90. The molecule has 1 aliphatic heterocycles. The minimum atomic E-state index is -2.19. The van der Waals surface area contributed by atoms with Crippen molar-refractivity contribution in [1.82, 2.24) is 0 Å². The summed E-state index contributed by atoms with van der Waals surface area (Å²) in [5.74, 6) is -1.03. The molecule has 0 bridgehead atoms. The van der Waals surface area contributed by atoms with Crippen molar-refractivity contribution in [1.29, 1.82) is 0 Å². The Hall–Kier alpha value is -1.97. The predicted molar refractivity (Wildman–Crippen MR) is 100 cm³/mol. The molecule has 8 nitrogen and oxygen atoms in total. The smallest absolute Gasteiger partial charge is 0.321 e. The Morgan fingerprint density at radius 2 is 1.81 bits per heavy atom. The van der Waals surface area contributed by atoms with E-state index in [1.165, 1.54) is 0 Å². The summed E-state index contributed by atoms with van der Waals surface area (Å²) in [5, 5.41) is 8.10. The zero-order valence-corrected chi connectivity index (χ0v) is 17.1. The van der Waals surface area contributed by atoms with E-state index in [-0.39, 0.29) is 12.0 Å². The van der Waals surface area contributed by atoms with E-state index >= 15 is 0 Å². The lowest BCUT2D eigenvalue weighted by Gasteiger charge is -2.36. The van der Waals surface area contributed by atoms with Crippen molar-refractivity contribution < 1.29 is 28.2 Å². The summed E-state index contributed by atoms with van der Waals surface area (Å²) >= 11 is -2.19. The molecule has 2 atom stereocenters. The molecular formula is C18H27N2O6S-. The van der Waals surface area contributed by atoms with E-state index < -0.39 is 29.0 Å². The van der Waals surface area contributed by atoms with Gasteiger partial charge in [0, 0.05) is 4.90 Å². The van der Waals surface area contributed by atoms with Crippen LogP contribution in [0.25, 0.3) is 0 Å². The Bertz CT molecular complexity index is 776. The van der Waals surface area contributed by atoms with Crippen molar-refractivity contribution >= 4 is 23.0 Å². The topological polar surface area (TPSA) is 156 Å². The van der Waals surface area contributed by atoms with Gasteiger partial charge in [-0.15, -0.1) is 0 Å². The van der Waals surface area contributed by atoms with Crippen LogP contribution in [-0.2, 0) is 27.1 Å². The van der Waals surface area contributed by atoms with Crippen LogP contribution in [0.1, 0.15) is 48.9 Å². The SMILES string of the molecule is Cc1c(C)c(S(=O)[O-])c(C)c2c1OC(C)(C)CC2.NC(=O)C[C@H](N)C(=O)O. The van der Waals surface area contributed by atoms with Crippen molar-refractivity contribution in [2.45, 2.75) is 70.4 Å². The Morgan fingerprint density at radius 1 is 1.26 bits per heavy atom. The first kappa shape index (κ1) is 23.1. The maximum atomic E-state index is 11.4. The zero-order valence-electron chi connectivity index (χ0n) is 16.3. The lowest BCUT2D eigenvalue weighted by atomic mass is 9.88. The normalized spacial score (nSPS) is 16.9. The highest BCUT2D eigenvalue weighted by atomic mass is 32.2. The van der Waals surface area contributed by atoms with Crippen LogP contribution in [-0.4, -0.2) is 37.4 Å². The molecule has 1 heterocycles. The van der Waals surface area contributed by atoms with Crippen LogP contribution in [0.4, 0.5) is 0 Å². The molecule has 9 heteroatoms. The molecule has 152 valence electrons.